The third-order valence-corrected chi connectivity index (χ3v) is 3.61. The summed E-state index contributed by atoms with van der Waals surface area (Å²) in [6.07, 6.45) is 3.62. The number of nitrogens with two attached hydrogens (primary N) is 1. The molecule has 0 aliphatic carbocycles. The minimum Gasteiger partial charge on any atom is -0.493 e. The monoisotopic (exact) mass is 343 g/mol. The number of aromatic hydroxyl groups is 1. The lowest BCUT2D eigenvalue weighted by Crippen LogP contribution is -2.26. The van der Waals surface area contributed by atoms with Crippen molar-refractivity contribution in [2.24, 2.45) is 16.0 Å². The van der Waals surface area contributed by atoms with Gasteiger partial charge in [0, 0.05) is 18.5 Å². The number of benzene rings is 1. The van der Waals surface area contributed by atoms with E-state index in [1.165, 1.54) is 0 Å². The Bertz CT molecular complexity index is 799. The summed E-state index contributed by atoms with van der Waals surface area (Å²) in [5.74, 6) is 0.0220. The maximum absolute atomic E-state index is 10.6. The Morgan fingerprint density at radius 1 is 1.38 bits per heavy atom. The summed E-state index contributed by atoms with van der Waals surface area (Å²) in [6, 6.07) is 5.88. The number of nitrogens with zero attached hydrogens (tertiary/aromatic N) is 4. The van der Waals surface area contributed by atoms with Crippen molar-refractivity contribution >= 4 is 33.9 Å². The summed E-state index contributed by atoms with van der Waals surface area (Å²) in [5, 5.41) is 19.1. The highest BCUT2D eigenvalue weighted by atomic mass is 32.1. The second-order valence-corrected chi connectivity index (χ2v) is 5.83. The van der Waals surface area contributed by atoms with Gasteiger partial charge >= 0.3 is 0 Å². The topological polar surface area (TPSA) is 79.1 Å². The molecule has 0 saturated heterocycles. The SMILES string of the molecule is C=CCN(CC=C)Cn1c(O)c(N=NC(N)=S)c2cc(C)ccc21. The summed E-state index contributed by atoms with van der Waals surface area (Å²) < 4.78 is 1.77. The molecule has 0 spiro atoms. The molecule has 2 rings (SSSR count). The average molecular weight is 343 g/mol. The molecule has 6 nitrogen and oxygen atoms in total. The van der Waals surface area contributed by atoms with Gasteiger partial charge in [0.05, 0.1) is 12.2 Å². The Kier molecular flexibility index (Phi) is 5.83. The van der Waals surface area contributed by atoms with E-state index in [0.29, 0.717) is 25.4 Å². The van der Waals surface area contributed by atoms with E-state index in [1.807, 2.05) is 37.3 Å². The summed E-state index contributed by atoms with van der Waals surface area (Å²) in [7, 11) is 0. The molecule has 1 heterocycles. The maximum Gasteiger partial charge on any atom is 0.221 e. The van der Waals surface area contributed by atoms with Crippen LogP contribution in [0.1, 0.15) is 5.56 Å². The van der Waals surface area contributed by atoms with Gasteiger partial charge in [-0.1, -0.05) is 23.8 Å². The van der Waals surface area contributed by atoms with Gasteiger partial charge in [0.2, 0.25) is 11.0 Å². The second kappa shape index (κ2) is 7.85. The predicted molar refractivity (Wildman–Crippen MR) is 102 cm³/mol. The molecule has 0 radical (unpaired) electrons. The number of hydrogen-bond acceptors (Lipinski definition) is 4. The third kappa shape index (κ3) is 3.87. The van der Waals surface area contributed by atoms with Crippen molar-refractivity contribution in [1.29, 1.82) is 0 Å². The first-order valence-corrected chi connectivity index (χ1v) is 7.86. The van der Waals surface area contributed by atoms with Crippen LogP contribution in [0.4, 0.5) is 5.69 Å². The molecule has 1 aromatic carbocycles. The quantitative estimate of drug-likeness (QED) is 0.457. The van der Waals surface area contributed by atoms with Crippen LogP contribution in [0.5, 0.6) is 5.88 Å². The van der Waals surface area contributed by atoms with E-state index in [4.69, 9.17) is 18.0 Å². The van der Waals surface area contributed by atoms with E-state index in [9.17, 15) is 5.11 Å². The number of hydrogen-bond donors (Lipinski definition) is 2. The van der Waals surface area contributed by atoms with Gasteiger partial charge in [-0.2, -0.15) is 0 Å². The van der Waals surface area contributed by atoms with E-state index >= 15 is 0 Å². The van der Waals surface area contributed by atoms with Crippen molar-refractivity contribution < 1.29 is 5.11 Å². The zero-order valence-electron chi connectivity index (χ0n) is 13.6. The fraction of sp³-hybridized carbons (Fsp3) is 0.235. The minimum absolute atomic E-state index is 0.0220. The predicted octanol–water partition coefficient (Wildman–Crippen LogP) is 3.61. The summed E-state index contributed by atoms with van der Waals surface area (Å²) in [5.41, 5.74) is 7.65. The standard InChI is InChI=1S/C17H21N5OS/c1-4-8-21(9-5-2)11-22-14-7-6-12(3)10-13(14)15(16(22)23)19-20-17(18)24/h4-7,10,23H,1-2,8-9,11H2,3H3,(H2,18,24). The smallest absolute Gasteiger partial charge is 0.221 e. The molecular weight excluding hydrogens is 322 g/mol. The molecule has 0 unspecified atom stereocenters. The first kappa shape index (κ1) is 17.8. The van der Waals surface area contributed by atoms with Gasteiger partial charge in [0.25, 0.3) is 0 Å². The van der Waals surface area contributed by atoms with E-state index in [1.54, 1.807) is 4.57 Å². The Hall–Kier alpha value is -2.51. The van der Waals surface area contributed by atoms with Crippen molar-refractivity contribution in [3.63, 3.8) is 0 Å². The summed E-state index contributed by atoms with van der Waals surface area (Å²) in [6.45, 7) is 11.3. The molecule has 0 bridgehead atoms. The van der Waals surface area contributed by atoms with Crippen molar-refractivity contribution in [3.05, 3.63) is 49.1 Å². The Morgan fingerprint density at radius 3 is 2.62 bits per heavy atom. The second-order valence-electron chi connectivity index (χ2n) is 5.41. The fourth-order valence-corrected chi connectivity index (χ4v) is 2.57. The molecule has 0 aliphatic heterocycles. The lowest BCUT2D eigenvalue weighted by Gasteiger charge is -2.20. The van der Waals surface area contributed by atoms with Gasteiger partial charge in [-0.15, -0.1) is 23.4 Å². The largest absolute Gasteiger partial charge is 0.493 e. The minimum atomic E-state index is -0.0807. The van der Waals surface area contributed by atoms with Crippen LogP contribution in [-0.2, 0) is 6.67 Å². The molecule has 0 atom stereocenters. The van der Waals surface area contributed by atoms with Gasteiger partial charge in [-0.05, 0) is 31.3 Å². The van der Waals surface area contributed by atoms with Crippen LogP contribution in [0.3, 0.4) is 0 Å². The number of aryl methyl sites for hydroxylation is 1. The van der Waals surface area contributed by atoms with Crippen LogP contribution in [0.15, 0.2) is 53.7 Å². The summed E-state index contributed by atoms with van der Waals surface area (Å²) >= 11 is 4.73. The van der Waals surface area contributed by atoms with Gasteiger partial charge in [-0.3, -0.25) is 9.47 Å². The number of azo groups is 1. The highest BCUT2D eigenvalue weighted by Crippen LogP contribution is 2.39. The van der Waals surface area contributed by atoms with Crippen LogP contribution >= 0.6 is 12.2 Å². The number of fused-ring (bicyclic) bond motifs is 1. The Morgan fingerprint density at radius 2 is 2.04 bits per heavy atom. The molecular formula is C17H21N5OS. The molecule has 2 aromatic rings. The van der Waals surface area contributed by atoms with Crippen LogP contribution in [0.25, 0.3) is 10.9 Å². The number of aromatic nitrogens is 1. The summed E-state index contributed by atoms with van der Waals surface area (Å²) in [4.78, 5) is 2.08. The lowest BCUT2D eigenvalue weighted by molar-refractivity contribution is 0.255. The molecule has 7 heteroatoms. The van der Waals surface area contributed by atoms with Gasteiger partial charge in [-0.25, -0.2) is 0 Å². The maximum atomic E-state index is 10.6. The van der Waals surface area contributed by atoms with E-state index < -0.39 is 0 Å². The third-order valence-electron chi connectivity index (χ3n) is 3.53. The highest BCUT2D eigenvalue weighted by Gasteiger charge is 2.18. The van der Waals surface area contributed by atoms with E-state index in [2.05, 4.69) is 28.3 Å². The molecule has 0 saturated carbocycles. The Balaban J connectivity index is 2.56. The van der Waals surface area contributed by atoms with Crippen molar-refractivity contribution in [3.8, 4) is 5.88 Å². The fourth-order valence-electron chi connectivity index (χ4n) is 2.53. The first-order valence-electron chi connectivity index (χ1n) is 7.45. The van der Waals surface area contributed by atoms with Gasteiger partial charge in [0.1, 0.15) is 0 Å². The molecule has 0 amide bonds. The lowest BCUT2D eigenvalue weighted by atomic mass is 10.1. The van der Waals surface area contributed by atoms with Crippen molar-refractivity contribution in [2.45, 2.75) is 13.6 Å². The van der Waals surface area contributed by atoms with Gasteiger partial charge < -0.3 is 10.8 Å². The van der Waals surface area contributed by atoms with Crippen LogP contribution in [0.2, 0.25) is 0 Å². The highest BCUT2D eigenvalue weighted by molar-refractivity contribution is 7.80. The van der Waals surface area contributed by atoms with Crippen LogP contribution in [-0.4, -0.2) is 32.8 Å². The molecule has 24 heavy (non-hydrogen) atoms. The molecule has 0 fully saturated rings. The average Bonchev–Trinajstić information content (AvgIpc) is 2.77. The number of rotatable bonds is 7. The first-order chi connectivity index (χ1) is 11.5. The van der Waals surface area contributed by atoms with Crippen molar-refractivity contribution in [2.75, 3.05) is 13.1 Å². The zero-order chi connectivity index (χ0) is 17.7. The number of thiocarbonyl (C=S) groups is 1. The van der Waals surface area contributed by atoms with E-state index in [0.717, 1.165) is 16.5 Å². The molecule has 0 aliphatic rings. The Labute approximate surface area is 146 Å². The molecule has 1 aromatic heterocycles. The van der Waals surface area contributed by atoms with Crippen LogP contribution < -0.4 is 5.73 Å². The zero-order valence-corrected chi connectivity index (χ0v) is 14.5. The molecule has 126 valence electrons. The van der Waals surface area contributed by atoms with Crippen molar-refractivity contribution in [1.82, 2.24) is 9.47 Å². The molecule has 3 N–H and O–H groups in total. The van der Waals surface area contributed by atoms with Crippen LogP contribution in [0, 0.1) is 6.92 Å². The van der Waals surface area contributed by atoms with Gasteiger partial charge in [0.15, 0.2) is 5.69 Å². The normalized spacial score (nSPS) is 11.4. The van der Waals surface area contributed by atoms with E-state index in [-0.39, 0.29) is 11.0 Å².